The Labute approximate surface area is 114 Å². The Morgan fingerprint density at radius 1 is 1.26 bits per heavy atom. The van der Waals surface area contributed by atoms with Gasteiger partial charge in [-0.15, -0.1) is 0 Å². The van der Waals surface area contributed by atoms with E-state index in [0.717, 1.165) is 25.3 Å². The van der Waals surface area contributed by atoms with Gasteiger partial charge < -0.3 is 10.6 Å². The van der Waals surface area contributed by atoms with Crippen LogP contribution >= 0.6 is 0 Å². The molecule has 0 aromatic heterocycles. The van der Waals surface area contributed by atoms with Gasteiger partial charge in [-0.25, -0.2) is 4.39 Å². The molecule has 0 heterocycles. The summed E-state index contributed by atoms with van der Waals surface area (Å²) in [6.07, 6.45) is 4.76. The van der Waals surface area contributed by atoms with E-state index in [9.17, 15) is 4.39 Å². The molecule has 104 valence electrons. The molecule has 0 radical (unpaired) electrons. The number of hydrogen-bond donors (Lipinski definition) is 2. The molecular formula is C15H22FN3. The lowest BCUT2D eigenvalue weighted by atomic mass is 9.79. The first-order chi connectivity index (χ1) is 9.20. The lowest BCUT2D eigenvalue weighted by Crippen LogP contribution is -2.43. The summed E-state index contributed by atoms with van der Waals surface area (Å²) in [6, 6.07) is 6.96. The molecule has 2 rings (SSSR count). The highest BCUT2D eigenvalue weighted by molar-refractivity contribution is 5.79. The third kappa shape index (κ3) is 3.06. The molecule has 0 unspecified atom stereocenters. The van der Waals surface area contributed by atoms with Gasteiger partial charge in [0.25, 0.3) is 0 Å². The maximum absolute atomic E-state index is 13.1. The topological polar surface area (TPSA) is 36.4 Å². The van der Waals surface area contributed by atoms with Crippen LogP contribution in [0, 0.1) is 5.82 Å². The predicted octanol–water partition coefficient (Wildman–Crippen LogP) is 2.43. The Morgan fingerprint density at radius 2 is 1.89 bits per heavy atom. The first-order valence-corrected chi connectivity index (χ1v) is 6.85. The monoisotopic (exact) mass is 263 g/mol. The molecule has 4 heteroatoms. The molecule has 0 spiro atoms. The maximum Gasteiger partial charge on any atom is 0.190 e. The number of nitrogens with zero attached hydrogens (tertiary/aromatic N) is 1. The van der Waals surface area contributed by atoms with Gasteiger partial charge >= 0.3 is 0 Å². The number of halogens is 1. The average Bonchev–Trinajstić information content (AvgIpc) is 2.91. The summed E-state index contributed by atoms with van der Waals surface area (Å²) in [4.78, 5) is 4.14. The van der Waals surface area contributed by atoms with E-state index < -0.39 is 0 Å². The van der Waals surface area contributed by atoms with E-state index in [1.165, 1.54) is 18.4 Å². The van der Waals surface area contributed by atoms with Crippen LogP contribution in [0.1, 0.15) is 31.2 Å². The van der Waals surface area contributed by atoms with Crippen LogP contribution in [-0.4, -0.2) is 26.6 Å². The van der Waals surface area contributed by atoms with Gasteiger partial charge in [0.15, 0.2) is 5.96 Å². The third-order valence-electron chi connectivity index (χ3n) is 4.07. The van der Waals surface area contributed by atoms with E-state index >= 15 is 0 Å². The van der Waals surface area contributed by atoms with E-state index in [4.69, 9.17) is 0 Å². The zero-order chi connectivity index (χ0) is 13.7. The van der Waals surface area contributed by atoms with E-state index in [1.54, 1.807) is 19.2 Å². The molecule has 1 aromatic carbocycles. The standard InChI is InChI=1S/C15H22FN3/c1-17-14(18-2)19-11-15(9-3-4-10-15)12-5-7-13(16)8-6-12/h5-8H,3-4,9-11H2,1-2H3,(H2,17,18,19). The van der Waals surface area contributed by atoms with Crippen molar-refractivity contribution in [1.29, 1.82) is 0 Å². The van der Waals surface area contributed by atoms with Crippen LogP contribution < -0.4 is 10.6 Å². The van der Waals surface area contributed by atoms with Gasteiger partial charge in [-0.2, -0.15) is 0 Å². The number of guanidine groups is 1. The second kappa shape index (κ2) is 6.04. The molecule has 0 saturated heterocycles. The SMILES string of the molecule is CN=C(NC)NCC1(c2ccc(F)cc2)CCCC1. The van der Waals surface area contributed by atoms with Crippen LogP contribution in [-0.2, 0) is 5.41 Å². The summed E-state index contributed by atoms with van der Waals surface area (Å²) < 4.78 is 13.1. The van der Waals surface area contributed by atoms with Crippen LogP contribution in [0.25, 0.3) is 0 Å². The summed E-state index contributed by atoms with van der Waals surface area (Å²) >= 11 is 0. The van der Waals surface area contributed by atoms with Crippen molar-refractivity contribution >= 4 is 5.96 Å². The fraction of sp³-hybridized carbons (Fsp3) is 0.533. The first kappa shape index (κ1) is 13.8. The summed E-state index contributed by atoms with van der Waals surface area (Å²) in [6.45, 7) is 0.839. The molecule has 3 nitrogen and oxygen atoms in total. The molecule has 1 aliphatic carbocycles. The molecule has 1 fully saturated rings. The molecule has 1 saturated carbocycles. The van der Waals surface area contributed by atoms with Crippen molar-refractivity contribution in [2.45, 2.75) is 31.1 Å². The summed E-state index contributed by atoms with van der Waals surface area (Å²) in [5.41, 5.74) is 1.34. The molecule has 19 heavy (non-hydrogen) atoms. The van der Waals surface area contributed by atoms with Crippen LogP contribution in [0.2, 0.25) is 0 Å². The quantitative estimate of drug-likeness (QED) is 0.649. The highest BCUT2D eigenvalue weighted by Gasteiger charge is 2.35. The first-order valence-electron chi connectivity index (χ1n) is 6.85. The van der Waals surface area contributed by atoms with Gasteiger partial charge in [0.05, 0.1) is 0 Å². The van der Waals surface area contributed by atoms with Crippen LogP contribution in [0.5, 0.6) is 0 Å². The zero-order valence-corrected chi connectivity index (χ0v) is 11.7. The van der Waals surface area contributed by atoms with Crippen molar-refractivity contribution < 1.29 is 4.39 Å². The minimum absolute atomic E-state index is 0.112. The second-order valence-corrected chi connectivity index (χ2v) is 5.17. The van der Waals surface area contributed by atoms with Crippen molar-refractivity contribution in [3.05, 3.63) is 35.6 Å². The average molecular weight is 263 g/mol. The summed E-state index contributed by atoms with van der Waals surface area (Å²) in [5, 5.41) is 6.39. The molecule has 1 aliphatic rings. The maximum atomic E-state index is 13.1. The Balaban J connectivity index is 2.16. The van der Waals surface area contributed by atoms with Gasteiger partial charge in [-0.3, -0.25) is 4.99 Å². The highest BCUT2D eigenvalue weighted by atomic mass is 19.1. The van der Waals surface area contributed by atoms with Crippen molar-refractivity contribution in [2.24, 2.45) is 4.99 Å². The van der Waals surface area contributed by atoms with Gasteiger partial charge in [0, 0.05) is 26.1 Å². The fourth-order valence-corrected chi connectivity index (χ4v) is 2.95. The van der Waals surface area contributed by atoms with Gasteiger partial charge in [0.1, 0.15) is 5.82 Å². The molecule has 2 N–H and O–H groups in total. The van der Waals surface area contributed by atoms with E-state index in [0.29, 0.717) is 0 Å². The van der Waals surface area contributed by atoms with Crippen molar-refractivity contribution in [2.75, 3.05) is 20.6 Å². The Hall–Kier alpha value is -1.58. The summed E-state index contributed by atoms with van der Waals surface area (Å²) in [5.74, 6) is 0.629. The molecule has 1 aromatic rings. The highest BCUT2D eigenvalue weighted by Crippen LogP contribution is 2.40. The van der Waals surface area contributed by atoms with Crippen molar-refractivity contribution in [3.8, 4) is 0 Å². The minimum atomic E-state index is -0.170. The van der Waals surface area contributed by atoms with Crippen LogP contribution in [0.3, 0.4) is 0 Å². The van der Waals surface area contributed by atoms with E-state index in [-0.39, 0.29) is 11.2 Å². The van der Waals surface area contributed by atoms with Gasteiger partial charge in [-0.1, -0.05) is 25.0 Å². The van der Waals surface area contributed by atoms with E-state index in [2.05, 4.69) is 15.6 Å². The number of nitrogens with one attached hydrogen (secondary N) is 2. The van der Waals surface area contributed by atoms with Crippen LogP contribution in [0.15, 0.2) is 29.3 Å². The lowest BCUT2D eigenvalue weighted by Gasteiger charge is -2.30. The fourth-order valence-electron chi connectivity index (χ4n) is 2.95. The van der Waals surface area contributed by atoms with Crippen molar-refractivity contribution in [3.63, 3.8) is 0 Å². The van der Waals surface area contributed by atoms with E-state index in [1.807, 2.05) is 19.2 Å². The molecule has 0 atom stereocenters. The smallest absolute Gasteiger partial charge is 0.190 e. The largest absolute Gasteiger partial charge is 0.359 e. The third-order valence-corrected chi connectivity index (χ3v) is 4.07. The summed E-state index contributed by atoms with van der Waals surface area (Å²) in [7, 11) is 3.62. The number of benzene rings is 1. The van der Waals surface area contributed by atoms with Crippen molar-refractivity contribution in [1.82, 2.24) is 10.6 Å². The number of rotatable bonds is 3. The Morgan fingerprint density at radius 3 is 2.42 bits per heavy atom. The predicted molar refractivity (Wildman–Crippen MR) is 77.0 cm³/mol. The minimum Gasteiger partial charge on any atom is -0.359 e. The van der Waals surface area contributed by atoms with Gasteiger partial charge in [-0.05, 0) is 30.5 Å². The number of aliphatic imine (C=N–C) groups is 1. The van der Waals surface area contributed by atoms with Gasteiger partial charge in [0.2, 0.25) is 0 Å². The zero-order valence-electron chi connectivity index (χ0n) is 11.7. The Bertz CT molecular complexity index is 433. The second-order valence-electron chi connectivity index (χ2n) is 5.17. The number of hydrogen-bond acceptors (Lipinski definition) is 1. The molecule has 0 amide bonds. The molecular weight excluding hydrogens is 241 g/mol. The lowest BCUT2D eigenvalue weighted by molar-refractivity contribution is 0.431. The van der Waals surface area contributed by atoms with Crippen LogP contribution in [0.4, 0.5) is 4.39 Å². The molecule has 0 bridgehead atoms. The molecule has 0 aliphatic heterocycles. The Kier molecular flexibility index (Phi) is 4.40. The normalized spacial score (nSPS) is 18.4.